The van der Waals surface area contributed by atoms with Gasteiger partial charge in [-0.15, -0.1) is 0 Å². The standard InChI is InChI=1S/C22H33N3O4/c1-3-4-12-29-22-23-15(2)18-13-19(26)17(20(18)24-22)9-5-6-10-25-11-7-8-16(14-25)21(27)28/h16-17H,3-14H2,1-2H3,(H,27,28). The minimum absolute atomic E-state index is 0.159. The predicted molar refractivity (Wildman–Crippen MR) is 109 cm³/mol. The molecule has 7 nitrogen and oxygen atoms in total. The maximum atomic E-state index is 12.6. The van der Waals surface area contributed by atoms with Crippen LogP contribution in [0.4, 0.5) is 0 Å². The average molecular weight is 404 g/mol. The summed E-state index contributed by atoms with van der Waals surface area (Å²) >= 11 is 0. The van der Waals surface area contributed by atoms with Gasteiger partial charge in [-0.05, 0) is 52.1 Å². The van der Waals surface area contributed by atoms with E-state index in [1.165, 1.54) is 0 Å². The molecule has 0 saturated carbocycles. The molecule has 3 rings (SSSR count). The van der Waals surface area contributed by atoms with Gasteiger partial charge < -0.3 is 14.7 Å². The van der Waals surface area contributed by atoms with E-state index in [2.05, 4.69) is 21.8 Å². The van der Waals surface area contributed by atoms with Gasteiger partial charge in [-0.25, -0.2) is 4.98 Å². The number of hydrogen-bond acceptors (Lipinski definition) is 6. The molecule has 29 heavy (non-hydrogen) atoms. The zero-order valence-electron chi connectivity index (χ0n) is 17.7. The molecular weight excluding hydrogens is 370 g/mol. The number of carboxylic acid groups (broad SMARTS) is 1. The van der Waals surface area contributed by atoms with Crippen LogP contribution in [-0.4, -0.2) is 58.0 Å². The van der Waals surface area contributed by atoms with Crippen molar-refractivity contribution < 1.29 is 19.4 Å². The van der Waals surface area contributed by atoms with Gasteiger partial charge >= 0.3 is 12.0 Å². The first kappa shape index (κ1) is 21.7. The summed E-state index contributed by atoms with van der Waals surface area (Å²) in [5, 5.41) is 9.22. The summed E-state index contributed by atoms with van der Waals surface area (Å²) in [6.07, 6.45) is 6.84. The molecule has 7 heteroatoms. The van der Waals surface area contributed by atoms with Crippen molar-refractivity contribution in [2.75, 3.05) is 26.2 Å². The van der Waals surface area contributed by atoms with Crippen LogP contribution < -0.4 is 4.74 Å². The van der Waals surface area contributed by atoms with Crippen molar-refractivity contribution in [2.24, 2.45) is 5.92 Å². The Labute approximate surface area is 172 Å². The van der Waals surface area contributed by atoms with Crippen LogP contribution in [0.1, 0.15) is 74.7 Å². The second kappa shape index (κ2) is 10.1. The number of nitrogens with zero attached hydrogens (tertiary/aromatic N) is 3. The highest BCUT2D eigenvalue weighted by Gasteiger charge is 2.34. The molecule has 2 heterocycles. The third kappa shape index (κ3) is 5.53. The Morgan fingerprint density at radius 3 is 2.86 bits per heavy atom. The third-order valence-corrected chi connectivity index (χ3v) is 6.10. The Hall–Kier alpha value is -2.02. The van der Waals surface area contributed by atoms with Gasteiger partial charge in [-0.3, -0.25) is 9.59 Å². The lowest BCUT2D eigenvalue weighted by molar-refractivity contribution is -0.143. The number of ketones is 1. The topological polar surface area (TPSA) is 92.6 Å². The number of unbranched alkanes of at least 4 members (excludes halogenated alkanes) is 2. The van der Waals surface area contributed by atoms with Crippen LogP contribution in [0.15, 0.2) is 0 Å². The molecule has 160 valence electrons. The maximum Gasteiger partial charge on any atom is 0.316 e. The smallest absolute Gasteiger partial charge is 0.316 e. The largest absolute Gasteiger partial charge is 0.481 e. The number of fused-ring (bicyclic) bond motifs is 1. The number of likely N-dealkylation sites (tertiary alicyclic amines) is 1. The van der Waals surface area contributed by atoms with E-state index in [9.17, 15) is 14.7 Å². The van der Waals surface area contributed by atoms with Crippen molar-refractivity contribution >= 4 is 11.8 Å². The summed E-state index contributed by atoms with van der Waals surface area (Å²) in [6.45, 7) is 7.15. The zero-order chi connectivity index (χ0) is 20.8. The Kier molecular flexibility index (Phi) is 7.58. The number of carbonyl (C=O) groups excluding carboxylic acids is 1. The molecular formula is C22H33N3O4. The van der Waals surface area contributed by atoms with Gasteiger partial charge in [-0.2, -0.15) is 4.98 Å². The van der Waals surface area contributed by atoms with Gasteiger partial charge in [0.05, 0.1) is 24.1 Å². The van der Waals surface area contributed by atoms with Crippen LogP contribution in [0.25, 0.3) is 0 Å². The molecule has 1 fully saturated rings. The Morgan fingerprint density at radius 1 is 1.28 bits per heavy atom. The van der Waals surface area contributed by atoms with Gasteiger partial charge in [0, 0.05) is 24.2 Å². The van der Waals surface area contributed by atoms with E-state index >= 15 is 0 Å². The van der Waals surface area contributed by atoms with E-state index in [1.54, 1.807) is 0 Å². The molecule has 2 unspecified atom stereocenters. The van der Waals surface area contributed by atoms with Gasteiger partial charge in [-0.1, -0.05) is 19.8 Å². The fourth-order valence-electron chi connectivity index (χ4n) is 4.36. The fourth-order valence-corrected chi connectivity index (χ4v) is 4.36. The first-order valence-electron chi connectivity index (χ1n) is 11.0. The minimum atomic E-state index is -0.685. The molecule has 1 N–H and O–H groups in total. The van der Waals surface area contributed by atoms with Crippen LogP contribution >= 0.6 is 0 Å². The number of aryl methyl sites for hydroxylation is 1. The summed E-state index contributed by atoms with van der Waals surface area (Å²) in [5.74, 6) is -0.854. The van der Waals surface area contributed by atoms with Crippen molar-refractivity contribution in [3.05, 3.63) is 17.0 Å². The summed E-state index contributed by atoms with van der Waals surface area (Å²) < 4.78 is 5.68. The van der Waals surface area contributed by atoms with Crippen LogP contribution in [0.3, 0.4) is 0 Å². The van der Waals surface area contributed by atoms with Crippen molar-refractivity contribution in [3.8, 4) is 6.01 Å². The summed E-state index contributed by atoms with van der Waals surface area (Å²) in [6, 6.07) is 0.391. The molecule has 1 aromatic heterocycles. The first-order valence-corrected chi connectivity index (χ1v) is 11.0. The van der Waals surface area contributed by atoms with Gasteiger partial charge in [0.15, 0.2) is 0 Å². The summed E-state index contributed by atoms with van der Waals surface area (Å²) in [7, 11) is 0. The van der Waals surface area contributed by atoms with Gasteiger partial charge in [0.25, 0.3) is 0 Å². The van der Waals surface area contributed by atoms with Crippen LogP contribution in [0, 0.1) is 12.8 Å². The zero-order valence-corrected chi connectivity index (χ0v) is 17.7. The SMILES string of the molecule is CCCCOc1nc(C)c2c(n1)C(CCCCN1CCCC(C(=O)O)C1)C(=O)C2. The molecule has 2 atom stereocenters. The van der Waals surface area contributed by atoms with Crippen LogP contribution in [0.2, 0.25) is 0 Å². The number of hydrogen-bond donors (Lipinski definition) is 1. The van der Waals surface area contributed by atoms with E-state index in [-0.39, 0.29) is 17.6 Å². The third-order valence-electron chi connectivity index (χ3n) is 6.10. The van der Waals surface area contributed by atoms with E-state index < -0.39 is 5.97 Å². The monoisotopic (exact) mass is 403 g/mol. The van der Waals surface area contributed by atoms with Crippen LogP contribution in [-0.2, 0) is 16.0 Å². The van der Waals surface area contributed by atoms with E-state index in [0.717, 1.165) is 75.0 Å². The lowest BCUT2D eigenvalue weighted by Gasteiger charge is -2.30. The molecule has 1 saturated heterocycles. The molecule has 1 aliphatic heterocycles. The van der Waals surface area contributed by atoms with Crippen molar-refractivity contribution in [2.45, 2.75) is 71.1 Å². The number of rotatable bonds is 10. The van der Waals surface area contributed by atoms with E-state index in [0.29, 0.717) is 25.6 Å². The molecule has 0 bridgehead atoms. The highest BCUT2D eigenvalue weighted by Crippen LogP contribution is 2.35. The molecule has 0 spiro atoms. The quantitative estimate of drug-likeness (QED) is 0.600. The summed E-state index contributed by atoms with van der Waals surface area (Å²) in [4.78, 5) is 35.1. The van der Waals surface area contributed by atoms with E-state index in [1.807, 2.05) is 6.92 Å². The van der Waals surface area contributed by atoms with Gasteiger partial charge in [0.1, 0.15) is 5.78 Å². The Morgan fingerprint density at radius 2 is 2.10 bits per heavy atom. The highest BCUT2D eigenvalue weighted by atomic mass is 16.5. The number of aromatic nitrogens is 2. The lowest BCUT2D eigenvalue weighted by atomic mass is 9.96. The molecule has 0 aromatic carbocycles. The number of aliphatic carboxylic acids is 1. The lowest BCUT2D eigenvalue weighted by Crippen LogP contribution is -2.39. The molecule has 1 aliphatic carbocycles. The van der Waals surface area contributed by atoms with Crippen LogP contribution in [0.5, 0.6) is 6.01 Å². The highest BCUT2D eigenvalue weighted by molar-refractivity contribution is 5.92. The minimum Gasteiger partial charge on any atom is -0.481 e. The fraction of sp³-hybridized carbons (Fsp3) is 0.727. The maximum absolute atomic E-state index is 12.6. The molecule has 0 radical (unpaired) electrons. The number of carboxylic acids is 1. The molecule has 0 amide bonds. The first-order chi connectivity index (χ1) is 14.0. The Balaban J connectivity index is 1.53. The number of piperidine rings is 1. The van der Waals surface area contributed by atoms with Gasteiger partial charge in [0.2, 0.25) is 0 Å². The Bertz CT molecular complexity index is 737. The number of ether oxygens (including phenoxy) is 1. The van der Waals surface area contributed by atoms with Crippen molar-refractivity contribution in [3.63, 3.8) is 0 Å². The second-order valence-corrected chi connectivity index (χ2v) is 8.33. The van der Waals surface area contributed by atoms with Crippen molar-refractivity contribution in [1.29, 1.82) is 0 Å². The number of carbonyl (C=O) groups is 2. The molecule has 2 aliphatic rings. The number of Topliss-reactive ketones (excluding diaryl/α,β-unsaturated/α-hetero) is 1. The summed E-state index contributed by atoms with van der Waals surface area (Å²) in [5.41, 5.74) is 2.69. The normalized spacial score (nSPS) is 21.9. The molecule has 1 aromatic rings. The predicted octanol–water partition coefficient (Wildman–Crippen LogP) is 3.14. The average Bonchev–Trinajstić information content (AvgIpc) is 3.02. The second-order valence-electron chi connectivity index (χ2n) is 8.33. The van der Waals surface area contributed by atoms with E-state index in [4.69, 9.17) is 4.74 Å². The van der Waals surface area contributed by atoms with Crippen molar-refractivity contribution in [1.82, 2.24) is 14.9 Å².